The van der Waals surface area contributed by atoms with Crippen molar-refractivity contribution in [2.24, 2.45) is 0 Å². The number of benzene rings is 1. The lowest BCUT2D eigenvalue weighted by molar-refractivity contribution is 0.102. The molecule has 3 nitrogen and oxygen atoms in total. The lowest BCUT2D eigenvalue weighted by Gasteiger charge is -2.06. The molecule has 0 fully saturated rings. The van der Waals surface area contributed by atoms with Gasteiger partial charge in [0.15, 0.2) is 5.82 Å². The monoisotopic (exact) mass is 300 g/mol. The van der Waals surface area contributed by atoms with Crippen LogP contribution in [0.25, 0.3) is 0 Å². The highest BCUT2D eigenvalue weighted by atomic mass is 35.5. The number of nitrogens with one attached hydrogen (secondary N) is 1. The summed E-state index contributed by atoms with van der Waals surface area (Å²) < 4.78 is 0. The van der Waals surface area contributed by atoms with Gasteiger partial charge in [0.2, 0.25) is 0 Å². The molecular formula is C12H7Cl3N2O. The molecule has 1 N–H and O–H groups in total. The minimum Gasteiger partial charge on any atom is -0.305 e. The fraction of sp³-hybridized carbons (Fsp3) is 0. The zero-order chi connectivity index (χ0) is 13.1. The standard InChI is InChI=1S/C12H7Cl3N2O/c13-8-4-3-7(6-10(8)15)12(18)17-11-9(14)2-1-5-16-11/h1-6H,(H,16,17,18). The summed E-state index contributed by atoms with van der Waals surface area (Å²) in [5, 5.41) is 3.66. The average Bonchev–Trinajstić information content (AvgIpc) is 2.35. The Morgan fingerprint density at radius 1 is 1.06 bits per heavy atom. The van der Waals surface area contributed by atoms with E-state index in [-0.39, 0.29) is 5.91 Å². The molecule has 0 radical (unpaired) electrons. The van der Waals surface area contributed by atoms with Crippen LogP contribution in [0, 0.1) is 0 Å². The van der Waals surface area contributed by atoms with Gasteiger partial charge < -0.3 is 5.32 Å². The van der Waals surface area contributed by atoms with Crippen LogP contribution in [-0.2, 0) is 0 Å². The number of carbonyl (C=O) groups excluding carboxylic acids is 1. The first-order chi connectivity index (χ1) is 8.58. The van der Waals surface area contributed by atoms with Gasteiger partial charge in [0.1, 0.15) is 0 Å². The first-order valence-electron chi connectivity index (χ1n) is 4.95. The Morgan fingerprint density at radius 3 is 2.50 bits per heavy atom. The van der Waals surface area contributed by atoms with Gasteiger partial charge in [0.25, 0.3) is 5.91 Å². The summed E-state index contributed by atoms with van der Waals surface area (Å²) in [7, 11) is 0. The number of rotatable bonds is 2. The Kier molecular flexibility index (Phi) is 4.07. The number of aromatic nitrogens is 1. The lowest BCUT2D eigenvalue weighted by atomic mass is 10.2. The number of hydrogen-bond acceptors (Lipinski definition) is 2. The third-order valence-corrected chi connectivity index (χ3v) is 3.22. The van der Waals surface area contributed by atoms with E-state index in [0.717, 1.165) is 0 Å². The predicted octanol–water partition coefficient (Wildman–Crippen LogP) is 4.29. The Balaban J connectivity index is 2.22. The summed E-state index contributed by atoms with van der Waals surface area (Å²) in [5.41, 5.74) is 0.381. The summed E-state index contributed by atoms with van der Waals surface area (Å²) in [5.74, 6) is -0.0515. The van der Waals surface area contributed by atoms with Gasteiger partial charge in [-0.15, -0.1) is 0 Å². The molecule has 0 unspecified atom stereocenters. The summed E-state index contributed by atoms with van der Waals surface area (Å²) in [4.78, 5) is 15.9. The van der Waals surface area contributed by atoms with E-state index in [4.69, 9.17) is 34.8 Å². The second-order valence-corrected chi connectivity index (χ2v) is 4.64. The molecule has 18 heavy (non-hydrogen) atoms. The van der Waals surface area contributed by atoms with Crippen molar-refractivity contribution in [3.63, 3.8) is 0 Å². The van der Waals surface area contributed by atoms with Crippen molar-refractivity contribution in [2.45, 2.75) is 0 Å². The molecule has 1 aromatic carbocycles. The van der Waals surface area contributed by atoms with Gasteiger partial charge in [-0.25, -0.2) is 4.98 Å². The highest BCUT2D eigenvalue weighted by molar-refractivity contribution is 6.42. The van der Waals surface area contributed by atoms with Crippen LogP contribution in [0.15, 0.2) is 36.5 Å². The van der Waals surface area contributed by atoms with E-state index >= 15 is 0 Å². The molecule has 1 heterocycles. The maximum atomic E-state index is 11.9. The van der Waals surface area contributed by atoms with Crippen LogP contribution >= 0.6 is 34.8 Å². The molecule has 0 atom stereocenters. The fourth-order valence-corrected chi connectivity index (χ4v) is 1.76. The largest absolute Gasteiger partial charge is 0.305 e. The number of halogens is 3. The molecule has 0 aliphatic rings. The van der Waals surface area contributed by atoms with Gasteiger partial charge in [-0.05, 0) is 30.3 Å². The van der Waals surface area contributed by atoms with Crippen molar-refractivity contribution < 1.29 is 4.79 Å². The van der Waals surface area contributed by atoms with E-state index in [1.54, 1.807) is 24.3 Å². The Morgan fingerprint density at radius 2 is 1.83 bits per heavy atom. The SMILES string of the molecule is O=C(Nc1ncccc1Cl)c1ccc(Cl)c(Cl)c1. The number of anilines is 1. The van der Waals surface area contributed by atoms with Crippen LogP contribution in [0.3, 0.4) is 0 Å². The van der Waals surface area contributed by atoms with Crippen LogP contribution in [0.2, 0.25) is 15.1 Å². The van der Waals surface area contributed by atoms with Gasteiger partial charge >= 0.3 is 0 Å². The molecule has 1 aromatic heterocycles. The molecule has 0 bridgehead atoms. The maximum absolute atomic E-state index is 11.9. The molecule has 0 spiro atoms. The predicted molar refractivity (Wildman–Crippen MR) is 73.7 cm³/mol. The smallest absolute Gasteiger partial charge is 0.256 e. The van der Waals surface area contributed by atoms with Gasteiger partial charge in [0.05, 0.1) is 15.1 Å². The molecule has 0 aliphatic heterocycles. The van der Waals surface area contributed by atoms with E-state index in [1.165, 1.54) is 12.3 Å². The molecule has 0 saturated heterocycles. The van der Waals surface area contributed by atoms with E-state index in [2.05, 4.69) is 10.3 Å². The molecule has 1 amide bonds. The van der Waals surface area contributed by atoms with Crippen molar-refractivity contribution in [1.29, 1.82) is 0 Å². The third-order valence-electron chi connectivity index (χ3n) is 2.17. The molecule has 92 valence electrons. The van der Waals surface area contributed by atoms with Crippen LogP contribution < -0.4 is 5.32 Å². The van der Waals surface area contributed by atoms with Crippen LogP contribution in [-0.4, -0.2) is 10.9 Å². The Labute approximate surface area is 119 Å². The van der Waals surface area contributed by atoms with Crippen molar-refractivity contribution in [3.05, 3.63) is 57.2 Å². The van der Waals surface area contributed by atoms with Gasteiger partial charge in [0, 0.05) is 11.8 Å². The molecule has 6 heteroatoms. The lowest BCUT2D eigenvalue weighted by Crippen LogP contribution is -2.13. The fourth-order valence-electron chi connectivity index (χ4n) is 1.29. The van der Waals surface area contributed by atoms with Gasteiger partial charge in [-0.3, -0.25) is 4.79 Å². The van der Waals surface area contributed by atoms with Crippen LogP contribution in [0.4, 0.5) is 5.82 Å². The van der Waals surface area contributed by atoms with E-state index in [0.29, 0.717) is 26.4 Å². The normalized spacial score (nSPS) is 10.2. The third kappa shape index (κ3) is 2.93. The number of carbonyl (C=O) groups is 1. The quantitative estimate of drug-likeness (QED) is 0.899. The average molecular weight is 302 g/mol. The number of pyridine rings is 1. The van der Waals surface area contributed by atoms with Gasteiger partial charge in [-0.2, -0.15) is 0 Å². The van der Waals surface area contributed by atoms with Crippen molar-refractivity contribution in [1.82, 2.24) is 4.98 Å². The van der Waals surface area contributed by atoms with E-state index in [1.807, 2.05) is 0 Å². The van der Waals surface area contributed by atoms with E-state index < -0.39 is 0 Å². The summed E-state index contributed by atoms with van der Waals surface area (Å²) >= 11 is 17.5. The topological polar surface area (TPSA) is 42.0 Å². The molecule has 2 aromatic rings. The molecule has 2 rings (SSSR count). The first kappa shape index (κ1) is 13.1. The highest BCUT2D eigenvalue weighted by Gasteiger charge is 2.10. The molecule has 0 saturated carbocycles. The van der Waals surface area contributed by atoms with Crippen molar-refractivity contribution in [2.75, 3.05) is 5.32 Å². The van der Waals surface area contributed by atoms with E-state index in [9.17, 15) is 4.79 Å². The minimum atomic E-state index is -0.353. The minimum absolute atomic E-state index is 0.301. The molecule has 0 aliphatic carbocycles. The van der Waals surface area contributed by atoms with Crippen LogP contribution in [0.1, 0.15) is 10.4 Å². The van der Waals surface area contributed by atoms with Crippen LogP contribution in [0.5, 0.6) is 0 Å². The number of nitrogens with zero attached hydrogens (tertiary/aromatic N) is 1. The second-order valence-electron chi connectivity index (χ2n) is 3.42. The zero-order valence-corrected chi connectivity index (χ0v) is 11.2. The summed E-state index contributed by atoms with van der Waals surface area (Å²) in [6, 6.07) is 7.92. The summed E-state index contributed by atoms with van der Waals surface area (Å²) in [6.45, 7) is 0. The van der Waals surface area contributed by atoms with Gasteiger partial charge in [-0.1, -0.05) is 34.8 Å². The Hall–Kier alpha value is -1.29. The molecular weight excluding hydrogens is 295 g/mol. The second kappa shape index (κ2) is 5.57. The maximum Gasteiger partial charge on any atom is 0.256 e. The first-order valence-corrected chi connectivity index (χ1v) is 6.08. The van der Waals surface area contributed by atoms with Crippen molar-refractivity contribution >= 4 is 46.5 Å². The number of hydrogen-bond donors (Lipinski definition) is 1. The number of amides is 1. The Bertz CT molecular complexity index is 602. The van der Waals surface area contributed by atoms with Crippen molar-refractivity contribution in [3.8, 4) is 0 Å². The summed E-state index contributed by atoms with van der Waals surface area (Å²) in [6.07, 6.45) is 1.54. The highest BCUT2D eigenvalue weighted by Crippen LogP contribution is 2.24. The zero-order valence-electron chi connectivity index (χ0n) is 8.95.